The molecule has 0 fully saturated rings. The normalized spacial score (nSPS) is 10.4. The Morgan fingerprint density at radius 1 is 1.64 bits per heavy atom. The summed E-state index contributed by atoms with van der Waals surface area (Å²) in [6.07, 6.45) is 1.48. The minimum Gasteiger partial charge on any atom is -0.464 e. The van der Waals surface area contributed by atoms with Crippen molar-refractivity contribution in [2.75, 3.05) is 7.11 Å². The minimum atomic E-state index is -0.486. The van der Waals surface area contributed by atoms with Gasteiger partial charge in [0.15, 0.2) is 11.3 Å². The van der Waals surface area contributed by atoms with E-state index in [4.69, 9.17) is 7.85 Å². The van der Waals surface area contributed by atoms with E-state index in [0.29, 0.717) is 16.5 Å². The lowest BCUT2D eigenvalue weighted by Crippen LogP contribution is -2.05. The highest BCUT2D eigenvalue weighted by molar-refractivity contribution is 6.33. The molecular weight excluding hydrogens is 181 g/mol. The van der Waals surface area contributed by atoms with Crippen molar-refractivity contribution in [3.05, 3.63) is 18.0 Å². The van der Waals surface area contributed by atoms with E-state index in [0.717, 1.165) is 0 Å². The van der Waals surface area contributed by atoms with Gasteiger partial charge in [-0.1, -0.05) is 11.5 Å². The number of methoxy groups -OCH3 is 1. The molecule has 68 valence electrons. The summed E-state index contributed by atoms with van der Waals surface area (Å²) in [6, 6.07) is 1.62. The summed E-state index contributed by atoms with van der Waals surface area (Å²) in [7, 11) is 6.84. The molecule has 5 nitrogen and oxygen atoms in total. The Morgan fingerprint density at radius 3 is 3.14 bits per heavy atom. The van der Waals surface area contributed by atoms with Crippen molar-refractivity contribution in [2.45, 2.75) is 0 Å². The number of aromatic amines is 1. The largest absolute Gasteiger partial charge is 0.464 e. The van der Waals surface area contributed by atoms with E-state index in [1.54, 1.807) is 6.07 Å². The molecule has 6 heteroatoms. The van der Waals surface area contributed by atoms with Crippen LogP contribution >= 0.6 is 0 Å². The number of H-pyrrole nitrogens is 1. The molecule has 0 atom stereocenters. The predicted molar refractivity (Wildman–Crippen MR) is 50.6 cm³/mol. The maximum Gasteiger partial charge on any atom is 0.356 e. The second-order valence-electron chi connectivity index (χ2n) is 2.73. The summed E-state index contributed by atoms with van der Waals surface area (Å²) in [4.78, 5) is 15.2. The van der Waals surface area contributed by atoms with Crippen molar-refractivity contribution < 1.29 is 9.53 Å². The van der Waals surface area contributed by atoms with E-state index < -0.39 is 5.97 Å². The lowest BCUT2D eigenvalue weighted by molar-refractivity contribution is 0.0596. The molecule has 0 spiro atoms. The molecule has 2 radical (unpaired) electrons. The lowest BCUT2D eigenvalue weighted by Gasteiger charge is -1.95. The number of nitrogens with one attached hydrogen (secondary N) is 1. The van der Waals surface area contributed by atoms with Gasteiger partial charge < -0.3 is 4.74 Å². The average molecular weight is 187 g/mol. The molecule has 2 rings (SSSR count). The Balaban J connectivity index is 2.67. The van der Waals surface area contributed by atoms with Crippen LogP contribution in [0.2, 0.25) is 0 Å². The summed E-state index contributed by atoms with van der Waals surface area (Å²) in [6.45, 7) is 0. The van der Waals surface area contributed by atoms with Crippen LogP contribution in [0.3, 0.4) is 0 Å². The smallest absolute Gasteiger partial charge is 0.356 e. The highest BCUT2D eigenvalue weighted by Crippen LogP contribution is 2.12. The molecule has 0 aliphatic heterocycles. The fourth-order valence-electron chi connectivity index (χ4n) is 1.17. The Hall–Kier alpha value is -1.85. The Kier molecular flexibility index (Phi) is 1.96. The van der Waals surface area contributed by atoms with Crippen LogP contribution in [0.4, 0.5) is 0 Å². The second kappa shape index (κ2) is 3.14. The first kappa shape index (κ1) is 8.74. The Bertz CT molecular complexity index is 494. The van der Waals surface area contributed by atoms with E-state index >= 15 is 0 Å². The molecule has 0 bridgehead atoms. The van der Waals surface area contributed by atoms with E-state index in [1.807, 2.05) is 0 Å². The zero-order valence-corrected chi connectivity index (χ0v) is 7.44. The molecular formula is C8H6BN3O2. The summed E-state index contributed by atoms with van der Waals surface area (Å²) in [5.41, 5.74) is 1.19. The van der Waals surface area contributed by atoms with Gasteiger partial charge in [-0.3, -0.25) is 5.10 Å². The molecule has 0 amide bonds. The maximum atomic E-state index is 11.2. The van der Waals surface area contributed by atoms with Crippen LogP contribution in [-0.2, 0) is 4.74 Å². The van der Waals surface area contributed by atoms with Crippen molar-refractivity contribution in [3.8, 4) is 0 Å². The monoisotopic (exact) mass is 187 g/mol. The molecule has 0 unspecified atom stereocenters. The molecule has 0 aromatic carbocycles. The highest BCUT2D eigenvalue weighted by Gasteiger charge is 2.13. The molecule has 2 aromatic heterocycles. The minimum absolute atomic E-state index is 0.266. The number of hydrogen-bond donors (Lipinski definition) is 1. The summed E-state index contributed by atoms with van der Waals surface area (Å²) in [5, 5.41) is 6.95. The third kappa shape index (κ3) is 1.24. The van der Waals surface area contributed by atoms with Crippen LogP contribution < -0.4 is 5.46 Å². The van der Waals surface area contributed by atoms with Crippen molar-refractivity contribution in [2.24, 2.45) is 0 Å². The number of pyridine rings is 1. The number of carbonyl (C=O) groups is 1. The highest BCUT2D eigenvalue weighted by atomic mass is 16.5. The summed E-state index contributed by atoms with van der Waals surface area (Å²) >= 11 is 0. The Labute approximate surface area is 80.9 Å². The van der Waals surface area contributed by atoms with Crippen LogP contribution in [0.25, 0.3) is 11.0 Å². The molecule has 0 aliphatic rings. The standard InChI is InChI=1S/C8H6BN3O2/c1-14-8(13)6-5-2-4(9)3-10-7(5)12-11-6/h2-3H,1H3,(H,10,11,12). The van der Waals surface area contributed by atoms with Gasteiger partial charge in [0.2, 0.25) is 0 Å². The molecule has 2 heterocycles. The zero-order valence-electron chi connectivity index (χ0n) is 7.44. The second-order valence-corrected chi connectivity index (χ2v) is 2.73. The summed E-state index contributed by atoms with van der Waals surface area (Å²) in [5.74, 6) is -0.486. The lowest BCUT2D eigenvalue weighted by atomic mass is 9.97. The number of fused-ring (bicyclic) bond motifs is 1. The van der Waals surface area contributed by atoms with Gasteiger partial charge >= 0.3 is 5.97 Å². The number of carbonyl (C=O) groups excluding carboxylic acids is 1. The van der Waals surface area contributed by atoms with Gasteiger partial charge in [0.05, 0.1) is 12.5 Å². The molecule has 0 aliphatic carbocycles. The van der Waals surface area contributed by atoms with Gasteiger partial charge in [-0.25, -0.2) is 9.78 Å². The SMILES string of the molecule is [B]c1cnc2n[nH]c(C(=O)OC)c2c1. The molecule has 0 saturated heterocycles. The van der Waals surface area contributed by atoms with Gasteiger partial charge in [-0.05, 0) is 0 Å². The fourth-order valence-corrected chi connectivity index (χ4v) is 1.17. The molecule has 1 N–H and O–H groups in total. The molecule has 0 saturated carbocycles. The molecule has 2 aromatic rings. The van der Waals surface area contributed by atoms with Crippen LogP contribution in [-0.4, -0.2) is 36.1 Å². The third-order valence-corrected chi connectivity index (χ3v) is 1.82. The Morgan fingerprint density at radius 2 is 2.43 bits per heavy atom. The molecule has 14 heavy (non-hydrogen) atoms. The van der Waals surface area contributed by atoms with Crippen molar-refractivity contribution in [1.82, 2.24) is 15.2 Å². The first-order valence-corrected chi connectivity index (χ1v) is 3.90. The van der Waals surface area contributed by atoms with Gasteiger partial charge in [0.25, 0.3) is 0 Å². The van der Waals surface area contributed by atoms with E-state index in [1.165, 1.54) is 13.3 Å². The van der Waals surface area contributed by atoms with Crippen molar-refractivity contribution >= 4 is 30.3 Å². The van der Waals surface area contributed by atoms with E-state index in [2.05, 4.69) is 19.9 Å². The zero-order chi connectivity index (χ0) is 10.1. The topological polar surface area (TPSA) is 67.9 Å². The maximum absolute atomic E-state index is 11.2. The van der Waals surface area contributed by atoms with Crippen molar-refractivity contribution in [1.29, 1.82) is 0 Å². The number of ether oxygens (including phenoxy) is 1. The van der Waals surface area contributed by atoms with Crippen molar-refractivity contribution in [3.63, 3.8) is 0 Å². The number of rotatable bonds is 1. The van der Waals surface area contributed by atoms with Crippen LogP contribution in [0.5, 0.6) is 0 Å². The van der Waals surface area contributed by atoms with Gasteiger partial charge in [-0.15, -0.1) is 0 Å². The average Bonchev–Trinajstić information content (AvgIpc) is 2.59. The first-order chi connectivity index (χ1) is 6.72. The van der Waals surface area contributed by atoms with Gasteiger partial charge in [0, 0.05) is 6.20 Å². The van der Waals surface area contributed by atoms with Crippen LogP contribution in [0.1, 0.15) is 10.5 Å². The quantitative estimate of drug-likeness (QED) is 0.484. The number of esters is 1. The van der Waals surface area contributed by atoms with Crippen LogP contribution in [0, 0.1) is 0 Å². The summed E-state index contributed by atoms with van der Waals surface area (Å²) < 4.78 is 4.56. The van der Waals surface area contributed by atoms with E-state index in [-0.39, 0.29) is 5.69 Å². The van der Waals surface area contributed by atoms with E-state index in [9.17, 15) is 4.79 Å². The fraction of sp³-hybridized carbons (Fsp3) is 0.125. The number of nitrogens with zero attached hydrogens (tertiary/aromatic N) is 2. The number of aromatic nitrogens is 3. The third-order valence-electron chi connectivity index (χ3n) is 1.82. The van der Waals surface area contributed by atoms with Gasteiger partial charge in [0.1, 0.15) is 7.85 Å². The van der Waals surface area contributed by atoms with Gasteiger partial charge in [-0.2, -0.15) is 5.10 Å². The van der Waals surface area contributed by atoms with Crippen LogP contribution in [0.15, 0.2) is 12.3 Å². The first-order valence-electron chi connectivity index (χ1n) is 3.90. The predicted octanol–water partition coefficient (Wildman–Crippen LogP) is -0.462. The number of hydrogen-bond acceptors (Lipinski definition) is 4.